The van der Waals surface area contributed by atoms with E-state index in [0.29, 0.717) is 23.5 Å². The molecule has 0 aliphatic rings. The second-order valence-corrected chi connectivity index (χ2v) is 5.79. The van der Waals surface area contributed by atoms with Crippen molar-refractivity contribution in [3.05, 3.63) is 59.2 Å². The highest BCUT2D eigenvalue weighted by molar-refractivity contribution is 6.35. The fourth-order valence-corrected chi connectivity index (χ4v) is 2.45. The minimum atomic E-state index is -1.12. The third kappa shape index (κ3) is 6.06. The van der Waals surface area contributed by atoms with Crippen molar-refractivity contribution in [3.63, 3.8) is 0 Å². The van der Waals surface area contributed by atoms with Crippen molar-refractivity contribution in [2.24, 2.45) is 5.10 Å². The Kier molecular flexibility index (Phi) is 7.72. The standard InChI is InChI=1S/C20H21N3O6/c1-28-16-8-7-13(11-17(16)29-2)9-10-21-18(24)19(25)23-22-12-14-5-3-4-6-15(14)20(26)27/h3-8,11-12H,9-10H2,1-2H3,(H,21,24)(H,23,25)(H,26,27)/b22-12-. The van der Waals surface area contributed by atoms with Crippen molar-refractivity contribution in [1.29, 1.82) is 0 Å². The Hall–Kier alpha value is -3.88. The summed E-state index contributed by atoms with van der Waals surface area (Å²) in [5, 5.41) is 15.2. The predicted octanol–water partition coefficient (Wildman–Crippen LogP) is 1.21. The lowest BCUT2D eigenvalue weighted by Crippen LogP contribution is -2.38. The summed E-state index contributed by atoms with van der Waals surface area (Å²) in [7, 11) is 3.07. The lowest BCUT2D eigenvalue weighted by Gasteiger charge is -2.10. The average Bonchev–Trinajstić information content (AvgIpc) is 2.73. The van der Waals surface area contributed by atoms with Crippen LogP contribution in [0.4, 0.5) is 0 Å². The Morgan fingerprint density at radius 1 is 1.03 bits per heavy atom. The first kappa shape index (κ1) is 21.4. The lowest BCUT2D eigenvalue weighted by molar-refractivity contribution is -0.139. The average molecular weight is 399 g/mol. The smallest absolute Gasteiger partial charge is 0.336 e. The molecule has 0 spiro atoms. The van der Waals surface area contributed by atoms with Gasteiger partial charge in [-0.25, -0.2) is 10.2 Å². The van der Waals surface area contributed by atoms with E-state index in [4.69, 9.17) is 14.6 Å². The number of carbonyl (C=O) groups excluding carboxylic acids is 2. The molecule has 0 fully saturated rings. The van der Waals surface area contributed by atoms with Gasteiger partial charge in [-0.3, -0.25) is 9.59 Å². The van der Waals surface area contributed by atoms with Gasteiger partial charge in [-0.05, 0) is 30.2 Å². The summed E-state index contributed by atoms with van der Waals surface area (Å²) in [6.07, 6.45) is 1.65. The number of hydrogen-bond donors (Lipinski definition) is 3. The SMILES string of the molecule is COc1ccc(CCNC(=O)C(=O)N/N=C\c2ccccc2C(=O)O)cc1OC. The Morgan fingerprint density at radius 2 is 1.76 bits per heavy atom. The van der Waals surface area contributed by atoms with Gasteiger partial charge in [0, 0.05) is 12.1 Å². The van der Waals surface area contributed by atoms with Crippen LogP contribution in [0, 0.1) is 0 Å². The number of benzene rings is 2. The summed E-state index contributed by atoms with van der Waals surface area (Å²) in [6.45, 7) is 0.229. The molecule has 2 amide bonds. The van der Waals surface area contributed by atoms with Gasteiger partial charge < -0.3 is 19.9 Å². The third-order valence-electron chi connectivity index (χ3n) is 3.91. The Morgan fingerprint density at radius 3 is 2.45 bits per heavy atom. The van der Waals surface area contributed by atoms with Gasteiger partial charge in [0.05, 0.1) is 26.0 Å². The number of rotatable bonds is 8. The van der Waals surface area contributed by atoms with Gasteiger partial charge in [-0.2, -0.15) is 5.10 Å². The maximum absolute atomic E-state index is 11.8. The van der Waals surface area contributed by atoms with Crippen LogP contribution in [0.1, 0.15) is 21.5 Å². The molecular formula is C20H21N3O6. The van der Waals surface area contributed by atoms with Gasteiger partial charge in [0.1, 0.15) is 0 Å². The molecule has 29 heavy (non-hydrogen) atoms. The number of hydrazone groups is 1. The quantitative estimate of drug-likeness (QED) is 0.348. The second-order valence-electron chi connectivity index (χ2n) is 5.79. The molecule has 0 aliphatic carbocycles. The molecule has 0 saturated heterocycles. The first-order valence-corrected chi connectivity index (χ1v) is 8.60. The molecule has 0 saturated carbocycles. The largest absolute Gasteiger partial charge is 0.493 e. The molecule has 152 valence electrons. The minimum absolute atomic E-state index is 0.0323. The maximum Gasteiger partial charge on any atom is 0.336 e. The van der Waals surface area contributed by atoms with Crippen molar-refractivity contribution in [3.8, 4) is 11.5 Å². The van der Waals surface area contributed by atoms with E-state index in [-0.39, 0.29) is 12.1 Å². The van der Waals surface area contributed by atoms with E-state index in [0.717, 1.165) is 11.8 Å². The summed E-state index contributed by atoms with van der Waals surface area (Å²) < 4.78 is 10.4. The van der Waals surface area contributed by atoms with Crippen molar-refractivity contribution in [2.75, 3.05) is 20.8 Å². The van der Waals surface area contributed by atoms with Crippen LogP contribution in [0.5, 0.6) is 11.5 Å². The van der Waals surface area contributed by atoms with Crippen LogP contribution < -0.4 is 20.2 Å². The number of carbonyl (C=O) groups is 3. The van der Waals surface area contributed by atoms with E-state index >= 15 is 0 Å². The topological polar surface area (TPSA) is 126 Å². The maximum atomic E-state index is 11.8. The highest BCUT2D eigenvalue weighted by atomic mass is 16.5. The molecule has 0 atom stereocenters. The summed E-state index contributed by atoms with van der Waals surface area (Å²) >= 11 is 0. The molecule has 0 unspecified atom stereocenters. The van der Waals surface area contributed by atoms with E-state index < -0.39 is 17.8 Å². The molecule has 3 N–H and O–H groups in total. The fraction of sp³-hybridized carbons (Fsp3) is 0.200. The minimum Gasteiger partial charge on any atom is -0.493 e. The van der Waals surface area contributed by atoms with Crippen LogP contribution in [0.15, 0.2) is 47.6 Å². The van der Waals surface area contributed by atoms with Crippen LogP contribution in [-0.4, -0.2) is 49.9 Å². The molecular weight excluding hydrogens is 378 g/mol. The Labute approximate surface area is 167 Å². The van der Waals surface area contributed by atoms with E-state index in [2.05, 4.69) is 15.8 Å². The van der Waals surface area contributed by atoms with Gasteiger partial charge in [-0.15, -0.1) is 0 Å². The van der Waals surface area contributed by atoms with Gasteiger partial charge in [0.15, 0.2) is 11.5 Å². The van der Waals surface area contributed by atoms with Crippen molar-refractivity contribution in [2.45, 2.75) is 6.42 Å². The van der Waals surface area contributed by atoms with Crippen molar-refractivity contribution >= 4 is 24.0 Å². The van der Waals surface area contributed by atoms with Gasteiger partial charge in [0.25, 0.3) is 0 Å². The molecule has 9 heteroatoms. The molecule has 0 aliphatic heterocycles. The van der Waals surface area contributed by atoms with Crippen LogP contribution in [-0.2, 0) is 16.0 Å². The van der Waals surface area contributed by atoms with Crippen LogP contribution >= 0.6 is 0 Å². The zero-order valence-corrected chi connectivity index (χ0v) is 16.0. The van der Waals surface area contributed by atoms with Gasteiger partial charge in [0.2, 0.25) is 0 Å². The fourth-order valence-electron chi connectivity index (χ4n) is 2.45. The van der Waals surface area contributed by atoms with Crippen LogP contribution in [0.3, 0.4) is 0 Å². The highest BCUT2D eigenvalue weighted by Gasteiger charge is 2.13. The van der Waals surface area contributed by atoms with Crippen LogP contribution in [0.2, 0.25) is 0 Å². The summed E-state index contributed by atoms with van der Waals surface area (Å²) in [5.41, 5.74) is 3.30. The number of hydrogen-bond acceptors (Lipinski definition) is 6. The van der Waals surface area contributed by atoms with Crippen molar-refractivity contribution < 1.29 is 29.0 Å². The molecule has 0 heterocycles. The van der Waals surface area contributed by atoms with E-state index in [9.17, 15) is 14.4 Å². The zero-order chi connectivity index (χ0) is 21.2. The number of nitrogens with one attached hydrogen (secondary N) is 2. The molecule has 2 aromatic rings. The predicted molar refractivity (Wildman–Crippen MR) is 105 cm³/mol. The second kappa shape index (κ2) is 10.5. The highest BCUT2D eigenvalue weighted by Crippen LogP contribution is 2.27. The number of carboxylic acid groups (broad SMARTS) is 1. The lowest BCUT2D eigenvalue weighted by atomic mass is 10.1. The first-order valence-electron chi connectivity index (χ1n) is 8.60. The summed E-state index contributed by atoms with van der Waals surface area (Å²) in [5.74, 6) is -1.76. The number of methoxy groups -OCH3 is 2. The number of ether oxygens (including phenoxy) is 2. The number of carboxylic acids is 1. The molecule has 0 radical (unpaired) electrons. The number of amides is 2. The summed E-state index contributed by atoms with van der Waals surface area (Å²) in [6, 6.07) is 11.5. The number of aromatic carboxylic acids is 1. The van der Waals surface area contributed by atoms with Crippen molar-refractivity contribution in [1.82, 2.24) is 10.7 Å². The first-order chi connectivity index (χ1) is 14.0. The molecule has 9 nitrogen and oxygen atoms in total. The van der Waals surface area contributed by atoms with Gasteiger partial charge >= 0.3 is 17.8 Å². The third-order valence-corrected chi connectivity index (χ3v) is 3.91. The number of nitrogens with zero attached hydrogens (tertiary/aromatic N) is 1. The molecule has 0 bridgehead atoms. The summed E-state index contributed by atoms with van der Waals surface area (Å²) in [4.78, 5) is 34.7. The molecule has 2 rings (SSSR count). The van der Waals surface area contributed by atoms with E-state index in [1.807, 2.05) is 6.07 Å². The normalized spacial score (nSPS) is 10.4. The Balaban J connectivity index is 1.84. The Bertz CT molecular complexity index is 926. The van der Waals surface area contributed by atoms with Gasteiger partial charge in [-0.1, -0.05) is 24.3 Å². The van der Waals surface area contributed by atoms with E-state index in [1.54, 1.807) is 31.4 Å². The molecule has 0 aromatic heterocycles. The van der Waals surface area contributed by atoms with Crippen LogP contribution in [0.25, 0.3) is 0 Å². The van der Waals surface area contributed by atoms with E-state index in [1.165, 1.54) is 19.2 Å². The zero-order valence-electron chi connectivity index (χ0n) is 16.0. The monoisotopic (exact) mass is 399 g/mol. The molecule has 2 aromatic carbocycles.